The van der Waals surface area contributed by atoms with Gasteiger partial charge < -0.3 is 95.2 Å². The number of carboxylic acids is 1. The zero-order chi connectivity index (χ0) is 39.6. The Hall–Kier alpha value is -2.92. The molecule has 3 aliphatic heterocycles. The summed E-state index contributed by atoms with van der Waals surface area (Å²) in [5, 5.41) is 122. The van der Waals surface area contributed by atoms with E-state index in [1.54, 1.807) is 0 Å². The molecule has 16 atom stereocenters. The number of aliphatic hydroxyl groups is 10. The maximum atomic E-state index is 12.8. The molecule has 0 aliphatic carbocycles. The Morgan fingerprint density at radius 3 is 2.11 bits per heavy atom. The van der Waals surface area contributed by atoms with Crippen LogP contribution in [0, 0.1) is 0 Å². The molecule has 2 amide bonds. The number of rotatable bonds is 18. The molecule has 3 aliphatic rings. The summed E-state index contributed by atoms with van der Waals surface area (Å²) in [6.07, 6.45) is -25.9. The van der Waals surface area contributed by atoms with E-state index in [4.69, 9.17) is 34.0 Å². The van der Waals surface area contributed by atoms with Crippen molar-refractivity contribution in [1.82, 2.24) is 10.6 Å². The molecule has 0 saturated carbocycles. The van der Waals surface area contributed by atoms with E-state index in [-0.39, 0.29) is 19.6 Å². The summed E-state index contributed by atoms with van der Waals surface area (Å²) >= 11 is 0. The molecule has 13 N–H and O–H groups in total. The lowest BCUT2D eigenvalue weighted by Gasteiger charge is -2.51. The smallest absolute Gasteiger partial charge is 0.364 e. The van der Waals surface area contributed by atoms with E-state index in [0.29, 0.717) is 0 Å². The third-order valence-corrected chi connectivity index (χ3v) is 8.70. The van der Waals surface area contributed by atoms with Crippen molar-refractivity contribution in [3.8, 4) is 0 Å². The number of carbonyl (C=O) groups excluding carboxylic acids is 2. The molecule has 0 aromatic carbocycles. The number of amides is 2. The Morgan fingerprint density at radius 2 is 1.57 bits per heavy atom. The minimum Gasteiger partial charge on any atom is -0.477 e. The highest BCUT2D eigenvalue weighted by atomic mass is 16.8. The lowest BCUT2D eigenvalue weighted by molar-refractivity contribution is -0.381. The van der Waals surface area contributed by atoms with Gasteiger partial charge >= 0.3 is 5.97 Å². The van der Waals surface area contributed by atoms with Gasteiger partial charge in [0.1, 0.15) is 73.7 Å². The van der Waals surface area contributed by atoms with E-state index in [1.807, 2.05) is 0 Å². The number of nitrogens with one attached hydrogen (secondary N) is 2. The van der Waals surface area contributed by atoms with Gasteiger partial charge in [0, 0.05) is 31.4 Å². The molecule has 0 unspecified atom stereocenters. The number of carboxylic acid groups (broad SMARTS) is 1. The fraction of sp³-hybridized carbons (Fsp3) is 0.893. The van der Waals surface area contributed by atoms with Crippen LogP contribution in [0.25, 0.3) is 10.4 Å². The summed E-state index contributed by atoms with van der Waals surface area (Å²) in [7, 11) is 0. The molecule has 0 spiro atoms. The highest BCUT2D eigenvalue weighted by Crippen LogP contribution is 2.38. The van der Waals surface area contributed by atoms with E-state index < -0.39 is 148 Å². The van der Waals surface area contributed by atoms with Crippen LogP contribution >= 0.6 is 0 Å². The number of aliphatic carboxylic acids is 1. The molecule has 25 nitrogen and oxygen atoms in total. The van der Waals surface area contributed by atoms with E-state index in [0.717, 1.165) is 6.92 Å². The number of hydrogen-bond donors (Lipinski definition) is 13. The summed E-state index contributed by atoms with van der Waals surface area (Å²) in [4.78, 5) is 39.6. The lowest BCUT2D eigenvalue weighted by atomic mass is 9.88. The van der Waals surface area contributed by atoms with Crippen LogP contribution in [0.15, 0.2) is 5.11 Å². The molecule has 3 heterocycles. The monoisotopic (exact) mass is 773 g/mol. The van der Waals surface area contributed by atoms with Crippen molar-refractivity contribution in [2.24, 2.45) is 5.11 Å². The summed E-state index contributed by atoms with van der Waals surface area (Å²) in [6.45, 7) is -3.05. The predicted octanol–water partition coefficient (Wildman–Crippen LogP) is -7.38. The van der Waals surface area contributed by atoms with E-state index in [9.17, 15) is 70.6 Å². The summed E-state index contributed by atoms with van der Waals surface area (Å²) in [5.74, 6) is -6.95. The number of ether oxygens (including phenoxy) is 6. The van der Waals surface area contributed by atoms with Gasteiger partial charge in [0.05, 0.1) is 32.0 Å². The van der Waals surface area contributed by atoms with Gasteiger partial charge in [0.2, 0.25) is 11.8 Å². The first-order valence-corrected chi connectivity index (χ1v) is 16.4. The number of hydrogen-bond acceptors (Lipinski definition) is 20. The van der Waals surface area contributed by atoms with Crippen LogP contribution in [-0.4, -0.2) is 211 Å². The van der Waals surface area contributed by atoms with Crippen molar-refractivity contribution < 1.29 is 99.0 Å². The summed E-state index contributed by atoms with van der Waals surface area (Å²) in [6, 6.07) is -3.13. The molecule has 0 radical (unpaired) electrons. The molecule has 0 bridgehead atoms. The Kier molecular flexibility index (Phi) is 16.9. The van der Waals surface area contributed by atoms with Gasteiger partial charge in [-0.15, -0.1) is 0 Å². The summed E-state index contributed by atoms with van der Waals surface area (Å²) in [5.41, 5.74) is 8.49. The molecule has 0 aromatic rings. The molecule has 3 fully saturated rings. The first-order valence-electron chi connectivity index (χ1n) is 16.4. The molecule has 304 valence electrons. The normalized spacial score (nSPS) is 38.6. The Labute approximate surface area is 300 Å². The van der Waals surface area contributed by atoms with Gasteiger partial charge in [-0.1, -0.05) is 5.11 Å². The zero-order valence-electron chi connectivity index (χ0n) is 28.3. The average Bonchev–Trinajstić information content (AvgIpc) is 3.12. The minimum absolute atomic E-state index is 0.0205. The Balaban J connectivity index is 1.98. The minimum atomic E-state index is -3.12. The van der Waals surface area contributed by atoms with Crippen molar-refractivity contribution in [2.75, 3.05) is 39.6 Å². The fourth-order valence-electron chi connectivity index (χ4n) is 6.06. The number of nitrogens with zero attached hydrogens (tertiary/aromatic N) is 3. The van der Waals surface area contributed by atoms with Crippen molar-refractivity contribution in [3.63, 3.8) is 0 Å². The highest BCUT2D eigenvalue weighted by molar-refractivity contribution is 5.78. The fourth-order valence-corrected chi connectivity index (χ4v) is 6.06. The Morgan fingerprint density at radius 1 is 0.943 bits per heavy atom. The largest absolute Gasteiger partial charge is 0.477 e. The van der Waals surface area contributed by atoms with Crippen LogP contribution < -0.4 is 10.6 Å². The van der Waals surface area contributed by atoms with Crippen molar-refractivity contribution >= 4 is 17.8 Å². The van der Waals surface area contributed by atoms with Crippen LogP contribution in [0.4, 0.5) is 0 Å². The second-order valence-electron chi connectivity index (χ2n) is 12.4. The van der Waals surface area contributed by atoms with Crippen LogP contribution in [-0.2, 0) is 42.8 Å². The quantitative estimate of drug-likeness (QED) is 0.0266. The lowest BCUT2D eigenvalue weighted by Crippen LogP contribution is -2.71. The zero-order valence-corrected chi connectivity index (χ0v) is 28.3. The van der Waals surface area contributed by atoms with Gasteiger partial charge in [0.25, 0.3) is 5.79 Å². The Bertz CT molecular complexity index is 1270. The second kappa shape index (κ2) is 20.1. The van der Waals surface area contributed by atoms with E-state index in [1.165, 1.54) is 0 Å². The van der Waals surface area contributed by atoms with E-state index >= 15 is 0 Å². The first-order chi connectivity index (χ1) is 25.1. The third kappa shape index (κ3) is 10.6. The van der Waals surface area contributed by atoms with Gasteiger partial charge in [-0.3, -0.25) is 9.59 Å². The van der Waals surface area contributed by atoms with Crippen LogP contribution in [0.3, 0.4) is 0 Å². The predicted molar refractivity (Wildman–Crippen MR) is 165 cm³/mol. The van der Waals surface area contributed by atoms with Gasteiger partial charge in [-0.05, 0) is 12.0 Å². The van der Waals surface area contributed by atoms with Crippen molar-refractivity contribution in [1.29, 1.82) is 0 Å². The van der Waals surface area contributed by atoms with Crippen LogP contribution in [0.1, 0.15) is 19.8 Å². The second-order valence-corrected chi connectivity index (χ2v) is 12.4. The number of carbonyl (C=O) groups is 3. The summed E-state index contributed by atoms with van der Waals surface area (Å²) < 4.78 is 33.9. The van der Waals surface area contributed by atoms with Crippen LogP contribution in [0.5, 0.6) is 0 Å². The van der Waals surface area contributed by atoms with Gasteiger partial charge in [0.15, 0.2) is 12.6 Å². The molecular weight excluding hydrogens is 726 g/mol. The van der Waals surface area contributed by atoms with E-state index in [2.05, 4.69) is 20.7 Å². The van der Waals surface area contributed by atoms with Gasteiger partial charge in [-0.25, -0.2) is 4.79 Å². The standard InChI is InChI=1S/C28H47N5O20/c1-10(38)31-17-22(19(43)13(7-35)49-25(17)48-4-2-3-30-33-29)51-26-21(45)24(20(44)14(8-36)50-26)53-28(27(46)47)5-11(39)16(32-15(41)9-37)23(52-28)18(42)12(40)6-34/h11-14,16-26,34-37,39-40,42-45H,2-9H2,1H3,(H,31,38)(H,32,41)(H,46,47)/t11-,12+,13+,14+,16+,17+,18+,19+,20-,21+,22+,23+,24-,25-,26-,28-/m0/s1. The molecule has 3 saturated heterocycles. The molecule has 53 heavy (non-hydrogen) atoms. The number of azide groups is 1. The first kappa shape index (κ1) is 44.5. The molecule has 25 heteroatoms. The highest BCUT2D eigenvalue weighted by Gasteiger charge is 2.60. The SMILES string of the molecule is CC(=O)N[C@H]1[C@@H](OCCCN=[N+]=[N-])O[C@H](CO)[C@@H](O)[C@@H]1O[C@@H]1O[C@H](CO)[C@H](O)[C@H](O[C@]2(C(=O)O)C[C@H](O)[C@@H](NC(=O)CO)[C@H]([C@H](O)[C@H](O)CO)O2)[C@H]1O. The van der Waals surface area contributed by atoms with Gasteiger partial charge in [-0.2, -0.15) is 0 Å². The molecular formula is C28H47N5O20. The third-order valence-electron chi connectivity index (χ3n) is 8.70. The van der Waals surface area contributed by atoms with Crippen molar-refractivity contribution in [2.45, 2.75) is 117 Å². The topological polar surface area (TPSA) is 402 Å². The number of aliphatic hydroxyl groups excluding tert-OH is 10. The molecule has 3 rings (SSSR count). The maximum absolute atomic E-state index is 12.8. The van der Waals surface area contributed by atoms with Crippen molar-refractivity contribution in [3.05, 3.63) is 10.4 Å². The maximum Gasteiger partial charge on any atom is 0.364 e. The average molecular weight is 774 g/mol. The molecule has 0 aromatic heterocycles. The van der Waals surface area contributed by atoms with Crippen LogP contribution in [0.2, 0.25) is 0 Å².